The van der Waals surface area contributed by atoms with Gasteiger partial charge >= 0.3 is 0 Å². The molecule has 116 valence electrons. The Morgan fingerprint density at radius 3 is 3.00 bits per heavy atom. The zero-order valence-electron chi connectivity index (χ0n) is 12.6. The highest BCUT2D eigenvalue weighted by Gasteiger charge is 2.34. The molecule has 1 heterocycles. The fourth-order valence-corrected chi connectivity index (χ4v) is 2.52. The molecule has 5 heteroatoms. The number of rotatable bonds is 6. The van der Waals surface area contributed by atoms with E-state index in [-0.39, 0.29) is 29.7 Å². The maximum absolute atomic E-state index is 13.2. The summed E-state index contributed by atoms with van der Waals surface area (Å²) in [6.07, 6.45) is 1.02. The Hall–Kier alpha value is -1.46. The Morgan fingerprint density at radius 2 is 2.29 bits per heavy atom. The molecular weight excluding hydrogens is 271 g/mol. The van der Waals surface area contributed by atoms with E-state index in [2.05, 4.69) is 17.6 Å². The molecule has 21 heavy (non-hydrogen) atoms. The number of carbonyl (C=O) groups is 1. The van der Waals surface area contributed by atoms with Gasteiger partial charge in [-0.05, 0) is 37.6 Å². The Bertz CT molecular complexity index is 481. The third-order valence-corrected chi connectivity index (χ3v) is 3.78. The van der Waals surface area contributed by atoms with Gasteiger partial charge in [-0.25, -0.2) is 4.39 Å². The first-order valence-corrected chi connectivity index (χ1v) is 7.48. The van der Waals surface area contributed by atoms with Crippen molar-refractivity contribution in [2.24, 2.45) is 5.92 Å². The molecule has 2 N–H and O–H groups in total. The van der Waals surface area contributed by atoms with Gasteiger partial charge in [-0.15, -0.1) is 0 Å². The van der Waals surface area contributed by atoms with Crippen molar-refractivity contribution >= 4 is 5.91 Å². The van der Waals surface area contributed by atoms with Gasteiger partial charge in [-0.2, -0.15) is 0 Å². The second-order valence-electron chi connectivity index (χ2n) is 5.49. The monoisotopic (exact) mass is 294 g/mol. The number of halogens is 1. The smallest absolute Gasteiger partial charge is 0.227 e. The molecular formula is C16H23FN2O2. The minimum atomic E-state index is -0.291. The predicted molar refractivity (Wildman–Crippen MR) is 79.3 cm³/mol. The zero-order chi connectivity index (χ0) is 15.2. The van der Waals surface area contributed by atoms with E-state index in [1.807, 2.05) is 13.0 Å². The molecule has 0 radical (unpaired) electrons. The Labute approximate surface area is 125 Å². The standard InChI is InChI=1S/C16H23FN2O2/c1-3-7-18-15-10-21-9-14(15)16(20)19-11(2)12-5-4-6-13(17)8-12/h4-6,8,11,14-15,18H,3,7,9-10H2,1-2H3,(H,19,20)/t11-,14?,15?/m1/s1. The van der Waals surface area contributed by atoms with Crippen LogP contribution in [0.5, 0.6) is 0 Å². The number of nitrogens with one attached hydrogen (secondary N) is 2. The molecule has 0 aromatic heterocycles. The quantitative estimate of drug-likeness (QED) is 0.844. The van der Waals surface area contributed by atoms with Crippen LogP contribution in [0.2, 0.25) is 0 Å². The van der Waals surface area contributed by atoms with Gasteiger partial charge in [0, 0.05) is 6.04 Å². The number of carbonyl (C=O) groups excluding carboxylic acids is 1. The highest BCUT2D eigenvalue weighted by atomic mass is 19.1. The van der Waals surface area contributed by atoms with Crippen LogP contribution in [0.25, 0.3) is 0 Å². The van der Waals surface area contributed by atoms with Crippen LogP contribution in [0, 0.1) is 11.7 Å². The second-order valence-corrected chi connectivity index (χ2v) is 5.49. The minimum Gasteiger partial charge on any atom is -0.379 e. The molecule has 0 aliphatic carbocycles. The number of hydrogen-bond acceptors (Lipinski definition) is 3. The van der Waals surface area contributed by atoms with Crippen molar-refractivity contribution in [2.45, 2.75) is 32.4 Å². The van der Waals surface area contributed by atoms with Gasteiger partial charge in [0.1, 0.15) is 5.82 Å². The van der Waals surface area contributed by atoms with Crippen LogP contribution in [0.3, 0.4) is 0 Å². The van der Waals surface area contributed by atoms with E-state index in [4.69, 9.17) is 4.74 Å². The normalized spacial score (nSPS) is 23.0. The van der Waals surface area contributed by atoms with E-state index in [0.29, 0.717) is 13.2 Å². The lowest BCUT2D eigenvalue weighted by Crippen LogP contribution is -2.44. The van der Waals surface area contributed by atoms with E-state index in [0.717, 1.165) is 18.5 Å². The maximum atomic E-state index is 13.2. The van der Waals surface area contributed by atoms with Crippen LogP contribution >= 0.6 is 0 Å². The van der Waals surface area contributed by atoms with E-state index < -0.39 is 0 Å². The van der Waals surface area contributed by atoms with Gasteiger partial charge in [0.2, 0.25) is 5.91 Å². The van der Waals surface area contributed by atoms with Crippen molar-refractivity contribution in [2.75, 3.05) is 19.8 Å². The first-order chi connectivity index (χ1) is 10.1. The van der Waals surface area contributed by atoms with Crippen LogP contribution in [-0.4, -0.2) is 31.7 Å². The van der Waals surface area contributed by atoms with Crippen LogP contribution in [0.15, 0.2) is 24.3 Å². The summed E-state index contributed by atoms with van der Waals surface area (Å²) in [4.78, 5) is 12.4. The number of hydrogen-bond donors (Lipinski definition) is 2. The van der Waals surface area contributed by atoms with Gasteiger partial charge in [0.25, 0.3) is 0 Å². The number of benzene rings is 1. The molecule has 4 nitrogen and oxygen atoms in total. The summed E-state index contributed by atoms with van der Waals surface area (Å²) in [5.41, 5.74) is 0.764. The van der Waals surface area contributed by atoms with Gasteiger partial charge in [0.05, 0.1) is 25.2 Å². The third-order valence-electron chi connectivity index (χ3n) is 3.78. The highest BCUT2D eigenvalue weighted by molar-refractivity contribution is 5.80. The second kappa shape index (κ2) is 7.52. The van der Waals surface area contributed by atoms with Crippen molar-refractivity contribution in [1.82, 2.24) is 10.6 Å². The first kappa shape index (κ1) is 15.9. The predicted octanol–water partition coefficient (Wildman–Crippen LogP) is 2.02. The van der Waals surface area contributed by atoms with Crippen LogP contribution in [0.4, 0.5) is 4.39 Å². The molecule has 0 spiro atoms. The number of amides is 1. The first-order valence-electron chi connectivity index (χ1n) is 7.48. The summed E-state index contributed by atoms with van der Waals surface area (Å²) in [5, 5.41) is 6.28. The van der Waals surface area contributed by atoms with Crippen molar-refractivity contribution in [3.63, 3.8) is 0 Å². The lowest BCUT2D eigenvalue weighted by atomic mass is 10.0. The molecule has 1 aliphatic rings. The fourth-order valence-electron chi connectivity index (χ4n) is 2.52. The average molecular weight is 294 g/mol. The lowest BCUT2D eigenvalue weighted by Gasteiger charge is -2.21. The van der Waals surface area contributed by atoms with Crippen molar-refractivity contribution in [3.05, 3.63) is 35.6 Å². The lowest BCUT2D eigenvalue weighted by molar-refractivity contribution is -0.126. The molecule has 2 rings (SSSR count). The van der Waals surface area contributed by atoms with Crippen molar-refractivity contribution in [3.8, 4) is 0 Å². The van der Waals surface area contributed by atoms with Crippen LogP contribution in [-0.2, 0) is 9.53 Å². The highest BCUT2D eigenvalue weighted by Crippen LogP contribution is 2.18. The molecule has 0 bridgehead atoms. The molecule has 1 saturated heterocycles. The largest absolute Gasteiger partial charge is 0.379 e. The minimum absolute atomic E-state index is 0.0436. The van der Waals surface area contributed by atoms with E-state index >= 15 is 0 Å². The summed E-state index contributed by atoms with van der Waals surface area (Å²) in [6.45, 7) is 5.81. The molecule has 3 atom stereocenters. The fraction of sp³-hybridized carbons (Fsp3) is 0.562. The summed E-state index contributed by atoms with van der Waals surface area (Å²) in [5.74, 6) is -0.522. The Balaban J connectivity index is 1.94. The van der Waals surface area contributed by atoms with Gasteiger partial charge < -0.3 is 15.4 Å². The summed E-state index contributed by atoms with van der Waals surface area (Å²) in [6, 6.07) is 6.14. The summed E-state index contributed by atoms with van der Waals surface area (Å²) >= 11 is 0. The molecule has 1 amide bonds. The van der Waals surface area contributed by atoms with Gasteiger partial charge in [-0.3, -0.25) is 4.79 Å². The van der Waals surface area contributed by atoms with Crippen molar-refractivity contribution < 1.29 is 13.9 Å². The summed E-state index contributed by atoms with van der Waals surface area (Å²) < 4.78 is 18.6. The maximum Gasteiger partial charge on any atom is 0.227 e. The van der Waals surface area contributed by atoms with Gasteiger partial charge in [0.15, 0.2) is 0 Å². The Kier molecular flexibility index (Phi) is 5.70. The SMILES string of the molecule is CCCNC1COCC1C(=O)N[C@H](C)c1cccc(F)c1. The zero-order valence-corrected chi connectivity index (χ0v) is 12.6. The van der Waals surface area contributed by atoms with Crippen LogP contribution in [0.1, 0.15) is 31.9 Å². The summed E-state index contributed by atoms with van der Waals surface area (Å²) in [7, 11) is 0. The topological polar surface area (TPSA) is 50.4 Å². The molecule has 1 fully saturated rings. The molecule has 1 aromatic carbocycles. The van der Waals surface area contributed by atoms with E-state index in [9.17, 15) is 9.18 Å². The molecule has 1 aliphatic heterocycles. The van der Waals surface area contributed by atoms with Gasteiger partial charge in [-0.1, -0.05) is 19.1 Å². The molecule has 1 aromatic rings. The number of ether oxygens (including phenoxy) is 1. The molecule has 2 unspecified atom stereocenters. The van der Waals surface area contributed by atoms with E-state index in [1.165, 1.54) is 12.1 Å². The van der Waals surface area contributed by atoms with Crippen LogP contribution < -0.4 is 10.6 Å². The van der Waals surface area contributed by atoms with Crippen molar-refractivity contribution in [1.29, 1.82) is 0 Å². The average Bonchev–Trinajstić information content (AvgIpc) is 2.93. The molecule has 0 saturated carbocycles. The Morgan fingerprint density at radius 1 is 1.48 bits per heavy atom. The third kappa shape index (κ3) is 4.25. The van der Waals surface area contributed by atoms with E-state index in [1.54, 1.807) is 6.07 Å².